The fourth-order valence-electron chi connectivity index (χ4n) is 2.30. The van der Waals surface area contributed by atoms with E-state index in [0.29, 0.717) is 5.56 Å². The Labute approximate surface area is 111 Å². The number of unbranched alkanes of at least 4 members (excludes halogenated alkanes) is 5. The SMILES string of the molecule is CCCCCCCCc1cc(C)cc(C(O)O)c1. The quantitative estimate of drug-likeness (QED) is 0.543. The van der Waals surface area contributed by atoms with Gasteiger partial charge in [-0.2, -0.15) is 0 Å². The molecule has 1 rings (SSSR count). The zero-order chi connectivity index (χ0) is 13.4. The highest BCUT2D eigenvalue weighted by atomic mass is 16.5. The van der Waals surface area contributed by atoms with Crippen LogP contribution in [0.25, 0.3) is 0 Å². The van der Waals surface area contributed by atoms with Gasteiger partial charge in [-0.1, -0.05) is 62.8 Å². The monoisotopic (exact) mass is 250 g/mol. The predicted molar refractivity (Wildman–Crippen MR) is 75.4 cm³/mol. The number of hydrogen-bond donors (Lipinski definition) is 2. The molecule has 1 aromatic rings. The van der Waals surface area contributed by atoms with Crippen LogP contribution in [0, 0.1) is 6.92 Å². The maximum Gasteiger partial charge on any atom is 0.178 e. The lowest BCUT2D eigenvalue weighted by atomic mass is 10.0. The van der Waals surface area contributed by atoms with E-state index in [4.69, 9.17) is 0 Å². The average molecular weight is 250 g/mol. The predicted octanol–water partition coefficient (Wildman–Crippen LogP) is 3.88. The smallest absolute Gasteiger partial charge is 0.178 e. The van der Waals surface area contributed by atoms with Crippen LogP contribution in [0.4, 0.5) is 0 Å². The summed E-state index contributed by atoms with van der Waals surface area (Å²) < 4.78 is 0. The molecule has 0 spiro atoms. The summed E-state index contributed by atoms with van der Waals surface area (Å²) in [6, 6.07) is 5.87. The summed E-state index contributed by atoms with van der Waals surface area (Å²) >= 11 is 0. The van der Waals surface area contributed by atoms with Crippen molar-refractivity contribution in [2.24, 2.45) is 0 Å². The molecule has 18 heavy (non-hydrogen) atoms. The molecule has 1 aromatic carbocycles. The van der Waals surface area contributed by atoms with Gasteiger partial charge in [-0.25, -0.2) is 0 Å². The van der Waals surface area contributed by atoms with Crippen LogP contribution >= 0.6 is 0 Å². The number of hydrogen-bond acceptors (Lipinski definition) is 2. The molecule has 2 N–H and O–H groups in total. The fourth-order valence-corrected chi connectivity index (χ4v) is 2.30. The van der Waals surface area contributed by atoms with Crippen molar-refractivity contribution in [2.75, 3.05) is 0 Å². The van der Waals surface area contributed by atoms with Crippen LogP contribution in [-0.4, -0.2) is 10.2 Å². The van der Waals surface area contributed by atoms with E-state index >= 15 is 0 Å². The molecular weight excluding hydrogens is 224 g/mol. The summed E-state index contributed by atoms with van der Waals surface area (Å²) in [6.07, 6.45) is 7.42. The van der Waals surface area contributed by atoms with Crippen LogP contribution in [-0.2, 0) is 6.42 Å². The summed E-state index contributed by atoms with van der Waals surface area (Å²) in [6.45, 7) is 4.23. The molecule has 0 heterocycles. The number of aliphatic hydroxyl groups is 2. The Hall–Kier alpha value is -0.860. The molecule has 2 heteroatoms. The van der Waals surface area contributed by atoms with E-state index in [1.807, 2.05) is 19.1 Å². The molecule has 0 atom stereocenters. The average Bonchev–Trinajstić information content (AvgIpc) is 2.33. The summed E-state index contributed by atoms with van der Waals surface area (Å²) in [5.41, 5.74) is 2.92. The van der Waals surface area contributed by atoms with E-state index < -0.39 is 6.29 Å². The number of aryl methyl sites for hydroxylation is 2. The molecule has 0 aliphatic rings. The minimum absolute atomic E-state index is 0.607. The Kier molecular flexibility index (Phi) is 6.99. The molecule has 0 saturated heterocycles. The number of rotatable bonds is 8. The minimum atomic E-state index is -1.35. The maximum absolute atomic E-state index is 9.20. The van der Waals surface area contributed by atoms with Gasteiger partial charge in [0.15, 0.2) is 6.29 Å². The van der Waals surface area contributed by atoms with E-state index in [0.717, 1.165) is 12.0 Å². The normalized spacial score (nSPS) is 11.2. The first-order valence-electron chi connectivity index (χ1n) is 7.10. The van der Waals surface area contributed by atoms with Crippen molar-refractivity contribution in [1.82, 2.24) is 0 Å². The lowest BCUT2D eigenvalue weighted by Crippen LogP contribution is -1.98. The van der Waals surface area contributed by atoms with Gasteiger partial charge in [-0.15, -0.1) is 0 Å². The third-order valence-corrected chi connectivity index (χ3v) is 3.28. The van der Waals surface area contributed by atoms with Crippen molar-refractivity contribution in [3.05, 3.63) is 34.9 Å². The van der Waals surface area contributed by atoms with E-state index in [-0.39, 0.29) is 0 Å². The van der Waals surface area contributed by atoms with E-state index in [1.54, 1.807) is 0 Å². The minimum Gasteiger partial charge on any atom is -0.364 e. The van der Waals surface area contributed by atoms with Crippen LogP contribution in [0.15, 0.2) is 18.2 Å². The third-order valence-electron chi connectivity index (χ3n) is 3.28. The second kappa shape index (κ2) is 8.28. The van der Waals surface area contributed by atoms with Crippen molar-refractivity contribution in [3.63, 3.8) is 0 Å². The van der Waals surface area contributed by atoms with Crippen molar-refractivity contribution < 1.29 is 10.2 Å². The van der Waals surface area contributed by atoms with Crippen molar-refractivity contribution in [3.8, 4) is 0 Å². The van der Waals surface area contributed by atoms with Crippen molar-refractivity contribution in [2.45, 2.75) is 65.1 Å². The first kappa shape index (κ1) is 15.2. The summed E-state index contributed by atoms with van der Waals surface area (Å²) in [5.74, 6) is 0. The molecule has 0 aliphatic carbocycles. The molecule has 0 saturated carbocycles. The Morgan fingerprint density at radius 3 is 2.28 bits per heavy atom. The lowest BCUT2D eigenvalue weighted by Gasteiger charge is -2.09. The summed E-state index contributed by atoms with van der Waals surface area (Å²) in [7, 11) is 0. The molecule has 0 radical (unpaired) electrons. The van der Waals surface area contributed by atoms with Crippen LogP contribution in [0.1, 0.15) is 68.4 Å². The molecule has 0 unspecified atom stereocenters. The van der Waals surface area contributed by atoms with E-state index in [1.165, 1.54) is 44.1 Å². The zero-order valence-corrected chi connectivity index (χ0v) is 11.7. The number of aliphatic hydroxyl groups excluding tert-OH is 1. The van der Waals surface area contributed by atoms with Crippen LogP contribution in [0.5, 0.6) is 0 Å². The van der Waals surface area contributed by atoms with Crippen LogP contribution in [0.3, 0.4) is 0 Å². The van der Waals surface area contributed by atoms with Gasteiger partial charge in [-0.3, -0.25) is 0 Å². The van der Waals surface area contributed by atoms with Gasteiger partial charge in [0.1, 0.15) is 0 Å². The highest BCUT2D eigenvalue weighted by molar-refractivity contribution is 5.30. The van der Waals surface area contributed by atoms with Gasteiger partial charge in [0.05, 0.1) is 0 Å². The Balaban J connectivity index is 2.37. The topological polar surface area (TPSA) is 40.5 Å². The molecule has 0 aliphatic heterocycles. The second-order valence-corrected chi connectivity index (χ2v) is 5.14. The highest BCUT2D eigenvalue weighted by Crippen LogP contribution is 2.17. The first-order chi connectivity index (χ1) is 8.63. The van der Waals surface area contributed by atoms with Gasteiger partial charge in [0.2, 0.25) is 0 Å². The van der Waals surface area contributed by atoms with Crippen molar-refractivity contribution >= 4 is 0 Å². The second-order valence-electron chi connectivity index (χ2n) is 5.14. The molecule has 0 amide bonds. The number of benzene rings is 1. The van der Waals surface area contributed by atoms with Gasteiger partial charge in [-0.05, 0) is 25.3 Å². The Bertz CT molecular complexity index is 345. The van der Waals surface area contributed by atoms with Crippen molar-refractivity contribution in [1.29, 1.82) is 0 Å². The van der Waals surface area contributed by atoms with Gasteiger partial charge >= 0.3 is 0 Å². The Morgan fingerprint density at radius 2 is 1.61 bits per heavy atom. The summed E-state index contributed by atoms with van der Waals surface area (Å²) in [5, 5.41) is 18.4. The van der Waals surface area contributed by atoms with Gasteiger partial charge in [0, 0.05) is 5.56 Å². The molecule has 0 aromatic heterocycles. The summed E-state index contributed by atoms with van der Waals surface area (Å²) in [4.78, 5) is 0. The molecule has 0 bridgehead atoms. The zero-order valence-electron chi connectivity index (χ0n) is 11.7. The van der Waals surface area contributed by atoms with E-state index in [9.17, 15) is 10.2 Å². The molecular formula is C16H26O2. The fraction of sp³-hybridized carbons (Fsp3) is 0.625. The maximum atomic E-state index is 9.20. The van der Waals surface area contributed by atoms with Crippen LogP contribution in [0.2, 0.25) is 0 Å². The molecule has 0 fully saturated rings. The standard InChI is InChI=1S/C16H26O2/c1-3-4-5-6-7-8-9-14-10-13(2)11-15(12-14)16(17)18/h10-12,16-18H,3-9H2,1-2H3. The lowest BCUT2D eigenvalue weighted by molar-refractivity contribution is -0.0425. The van der Waals surface area contributed by atoms with E-state index in [2.05, 4.69) is 13.0 Å². The van der Waals surface area contributed by atoms with Crippen LogP contribution < -0.4 is 0 Å². The Morgan fingerprint density at radius 1 is 0.944 bits per heavy atom. The van der Waals surface area contributed by atoms with Gasteiger partial charge in [0.25, 0.3) is 0 Å². The van der Waals surface area contributed by atoms with Gasteiger partial charge < -0.3 is 10.2 Å². The molecule has 102 valence electrons. The molecule has 2 nitrogen and oxygen atoms in total. The largest absolute Gasteiger partial charge is 0.364 e. The highest BCUT2D eigenvalue weighted by Gasteiger charge is 2.05. The third kappa shape index (κ3) is 5.65. The first-order valence-corrected chi connectivity index (χ1v) is 7.10.